The first-order valence-corrected chi connectivity index (χ1v) is 8.53. The fourth-order valence-corrected chi connectivity index (χ4v) is 1.81. The molecule has 0 aliphatic heterocycles. The number of unbranched alkanes of at least 4 members (excludes halogenated alkanes) is 3. The molecule has 0 aromatic heterocycles. The lowest BCUT2D eigenvalue weighted by Gasteiger charge is -2.16. The second kappa shape index (κ2) is 12.8. The van der Waals surface area contributed by atoms with Gasteiger partial charge in [-0.05, 0) is 18.8 Å². The van der Waals surface area contributed by atoms with E-state index in [0.717, 1.165) is 32.2 Å². The van der Waals surface area contributed by atoms with E-state index in [-0.39, 0.29) is 11.3 Å². The number of hydrogen-bond donors (Lipinski definition) is 1. The Morgan fingerprint density at radius 1 is 0.952 bits per heavy atom. The summed E-state index contributed by atoms with van der Waals surface area (Å²) >= 11 is 0. The fourth-order valence-electron chi connectivity index (χ4n) is 1.81. The van der Waals surface area contributed by atoms with Gasteiger partial charge in [-0.15, -0.1) is 0 Å². The Bertz CT molecular complexity index is 277. The van der Waals surface area contributed by atoms with Gasteiger partial charge in [0.05, 0.1) is 0 Å². The summed E-state index contributed by atoms with van der Waals surface area (Å²) in [4.78, 5) is 23.1. The van der Waals surface area contributed by atoms with E-state index in [2.05, 4.69) is 5.32 Å². The zero-order chi connectivity index (χ0) is 16.9. The van der Waals surface area contributed by atoms with Crippen molar-refractivity contribution in [2.45, 2.75) is 87.0 Å². The van der Waals surface area contributed by atoms with Crippen LogP contribution in [0.15, 0.2) is 0 Å². The molecular formula is C18H37NO2. The maximum atomic E-state index is 11.7. The first kappa shape index (κ1) is 22.4. The summed E-state index contributed by atoms with van der Waals surface area (Å²) in [7, 11) is 0. The number of nitrogens with one attached hydrogen (secondary N) is 1. The lowest BCUT2D eigenvalue weighted by molar-refractivity contribution is -0.126. The van der Waals surface area contributed by atoms with Crippen molar-refractivity contribution >= 4 is 11.7 Å². The number of rotatable bonds is 9. The largest absolute Gasteiger partial charge is 0.356 e. The summed E-state index contributed by atoms with van der Waals surface area (Å²) < 4.78 is 0. The van der Waals surface area contributed by atoms with Gasteiger partial charge in [-0.2, -0.15) is 0 Å². The summed E-state index contributed by atoms with van der Waals surface area (Å²) in [6.45, 7) is 14.8. The van der Waals surface area contributed by atoms with Crippen LogP contribution in [-0.4, -0.2) is 18.2 Å². The predicted octanol–water partition coefficient (Wildman–Crippen LogP) is 4.74. The van der Waals surface area contributed by atoms with Crippen LogP contribution < -0.4 is 5.32 Å². The maximum absolute atomic E-state index is 11.7. The third kappa shape index (κ3) is 15.3. The molecule has 0 aromatic rings. The van der Waals surface area contributed by atoms with Gasteiger partial charge >= 0.3 is 0 Å². The van der Waals surface area contributed by atoms with E-state index in [0.29, 0.717) is 24.5 Å². The molecule has 0 atom stereocenters. The van der Waals surface area contributed by atoms with Crippen LogP contribution in [0, 0.1) is 11.3 Å². The highest BCUT2D eigenvalue weighted by atomic mass is 16.1. The Kier molecular flexibility index (Phi) is 13.7. The van der Waals surface area contributed by atoms with Gasteiger partial charge in [-0.3, -0.25) is 9.59 Å². The van der Waals surface area contributed by atoms with E-state index >= 15 is 0 Å². The zero-order valence-electron chi connectivity index (χ0n) is 15.3. The molecule has 1 N–H and O–H groups in total. The number of Topliss-reactive ketones (excluding diaryl/α,β-unsaturated/α-hetero) is 1. The topological polar surface area (TPSA) is 46.2 Å². The number of carbonyl (C=O) groups excluding carboxylic acids is 2. The van der Waals surface area contributed by atoms with E-state index < -0.39 is 0 Å². The van der Waals surface area contributed by atoms with Crippen molar-refractivity contribution in [3.05, 3.63) is 0 Å². The lowest BCUT2D eigenvalue weighted by Crippen LogP contribution is -2.25. The highest BCUT2D eigenvalue weighted by Gasteiger charge is 2.19. The van der Waals surface area contributed by atoms with E-state index in [9.17, 15) is 9.59 Å². The van der Waals surface area contributed by atoms with Crippen molar-refractivity contribution in [3.8, 4) is 0 Å². The van der Waals surface area contributed by atoms with Gasteiger partial charge in [0.1, 0.15) is 5.78 Å². The Morgan fingerprint density at radius 3 is 1.95 bits per heavy atom. The van der Waals surface area contributed by atoms with E-state index in [1.54, 1.807) is 0 Å². The first-order valence-electron chi connectivity index (χ1n) is 8.53. The molecule has 0 aromatic carbocycles. The second-order valence-electron chi connectivity index (χ2n) is 6.79. The maximum Gasteiger partial charge on any atom is 0.220 e. The number of ketones is 1. The SMILES string of the molecule is CC.CC(C)CC(=O)NCCCCCCC(=O)C(C)(C)C. The Hall–Kier alpha value is -0.860. The third-order valence-electron chi connectivity index (χ3n) is 3.08. The normalized spacial score (nSPS) is 10.9. The summed E-state index contributed by atoms with van der Waals surface area (Å²) in [5, 5.41) is 2.93. The second-order valence-corrected chi connectivity index (χ2v) is 6.79. The molecule has 0 spiro atoms. The monoisotopic (exact) mass is 299 g/mol. The molecule has 0 heterocycles. The summed E-state index contributed by atoms with van der Waals surface area (Å²) in [6.07, 6.45) is 5.42. The van der Waals surface area contributed by atoms with Gasteiger partial charge in [0.25, 0.3) is 0 Å². The molecule has 21 heavy (non-hydrogen) atoms. The molecule has 0 saturated carbocycles. The van der Waals surface area contributed by atoms with E-state index in [1.807, 2.05) is 48.5 Å². The Morgan fingerprint density at radius 2 is 1.48 bits per heavy atom. The summed E-state index contributed by atoms with van der Waals surface area (Å²) in [6, 6.07) is 0. The van der Waals surface area contributed by atoms with Crippen LogP contribution in [0.3, 0.4) is 0 Å². The lowest BCUT2D eigenvalue weighted by atomic mass is 9.88. The van der Waals surface area contributed by atoms with E-state index in [4.69, 9.17) is 0 Å². The Labute approximate surface area is 132 Å². The van der Waals surface area contributed by atoms with Crippen LogP contribution in [0.5, 0.6) is 0 Å². The van der Waals surface area contributed by atoms with Crippen LogP contribution in [-0.2, 0) is 9.59 Å². The van der Waals surface area contributed by atoms with Crippen molar-refractivity contribution in [1.29, 1.82) is 0 Å². The van der Waals surface area contributed by atoms with Crippen molar-refractivity contribution in [3.63, 3.8) is 0 Å². The average Bonchev–Trinajstić information content (AvgIpc) is 2.37. The zero-order valence-corrected chi connectivity index (χ0v) is 15.3. The molecule has 3 nitrogen and oxygen atoms in total. The molecule has 0 radical (unpaired) electrons. The highest BCUT2D eigenvalue weighted by molar-refractivity contribution is 5.83. The van der Waals surface area contributed by atoms with Crippen LogP contribution >= 0.6 is 0 Å². The molecule has 0 fully saturated rings. The van der Waals surface area contributed by atoms with Crippen molar-refractivity contribution in [2.24, 2.45) is 11.3 Å². The van der Waals surface area contributed by atoms with Gasteiger partial charge < -0.3 is 5.32 Å². The molecule has 0 rings (SSSR count). The molecule has 0 aliphatic carbocycles. The number of hydrogen-bond acceptors (Lipinski definition) is 2. The first-order chi connectivity index (χ1) is 9.73. The van der Waals surface area contributed by atoms with Crippen molar-refractivity contribution in [2.75, 3.05) is 6.54 Å². The molecule has 1 amide bonds. The van der Waals surface area contributed by atoms with Crippen LogP contribution in [0.4, 0.5) is 0 Å². The highest BCUT2D eigenvalue weighted by Crippen LogP contribution is 2.18. The molecular weight excluding hydrogens is 262 g/mol. The van der Waals surface area contributed by atoms with Crippen molar-refractivity contribution in [1.82, 2.24) is 5.32 Å². The third-order valence-corrected chi connectivity index (χ3v) is 3.08. The minimum absolute atomic E-state index is 0.151. The molecule has 0 bridgehead atoms. The van der Waals surface area contributed by atoms with Crippen LogP contribution in [0.2, 0.25) is 0 Å². The molecule has 0 saturated heterocycles. The fraction of sp³-hybridized carbons (Fsp3) is 0.889. The molecule has 0 aliphatic rings. The van der Waals surface area contributed by atoms with Crippen LogP contribution in [0.25, 0.3) is 0 Å². The molecule has 126 valence electrons. The standard InChI is InChI=1S/C16H31NO2.C2H6/c1-13(2)12-15(19)17-11-9-7-6-8-10-14(18)16(3,4)5;1-2/h13H,6-12H2,1-5H3,(H,17,19);1-2H3. The summed E-state index contributed by atoms with van der Waals surface area (Å²) in [5.74, 6) is 0.916. The van der Waals surface area contributed by atoms with Gasteiger partial charge in [-0.1, -0.05) is 61.3 Å². The number of amides is 1. The molecule has 0 unspecified atom stereocenters. The predicted molar refractivity (Wildman–Crippen MR) is 91.4 cm³/mol. The smallest absolute Gasteiger partial charge is 0.220 e. The van der Waals surface area contributed by atoms with Crippen molar-refractivity contribution < 1.29 is 9.59 Å². The van der Waals surface area contributed by atoms with Gasteiger partial charge in [0.15, 0.2) is 0 Å². The van der Waals surface area contributed by atoms with E-state index in [1.165, 1.54) is 0 Å². The Balaban J connectivity index is 0. The van der Waals surface area contributed by atoms with Gasteiger partial charge in [0, 0.05) is 24.8 Å². The number of carbonyl (C=O) groups is 2. The van der Waals surface area contributed by atoms with Gasteiger partial charge in [0.2, 0.25) is 5.91 Å². The molecule has 3 heteroatoms. The minimum Gasteiger partial charge on any atom is -0.356 e. The average molecular weight is 299 g/mol. The summed E-state index contributed by atoms with van der Waals surface area (Å²) in [5.41, 5.74) is -0.204. The van der Waals surface area contributed by atoms with Crippen LogP contribution in [0.1, 0.15) is 87.0 Å². The van der Waals surface area contributed by atoms with Gasteiger partial charge in [-0.25, -0.2) is 0 Å². The quantitative estimate of drug-likeness (QED) is 0.625. The minimum atomic E-state index is -0.204.